The molecule has 0 saturated heterocycles. The molecule has 5 nitrogen and oxygen atoms in total. The third-order valence-electron chi connectivity index (χ3n) is 3.37. The van der Waals surface area contributed by atoms with E-state index in [2.05, 4.69) is 15.4 Å². The van der Waals surface area contributed by atoms with Crippen molar-refractivity contribution >= 4 is 11.6 Å². The van der Waals surface area contributed by atoms with Crippen molar-refractivity contribution in [2.75, 3.05) is 11.9 Å². The molecule has 1 atom stereocenters. The Morgan fingerprint density at radius 3 is 2.81 bits per heavy atom. The highest BCUT2D eigenvalue weighted by Crippen LogP contribution is 2.10. The molecule has 0 spiro atoms. The van der Waals surface area contributed by atoms with Crippen LogP contribution in [0.4, 0.5) is 5.95 Å². The van der Waals surface area contributed by atoms with Crippen molar-refractivity contribution < 1.29 is 5.11 Å². The van der Waals surface area contributed by atoms with E-state index < -0.39 is 0 Å². The molecular formula is C16H18N4O. The molecule has 0 aliphatic rings. The van der Waals surface area contributed by atoms with E-state index in [0.717, 1.165) is 17.6 Å². The summed E-state index contributed by atoms with van der Waals surface area (Å²) in [6, 6.07) is 13.9. The number of nitrogens with zero attached hydrogens (tertiary/aromatic N) is 3. The zero-order valence-corrected chi connectivity index (χ0v) is 11.9. The fraction of sp³-hybridized carbons (Fsp3) is 0.250. The topological polar surface area (TPSA) is 62.5 Å². The molecule has 0 bridgehead atoms. The standard InChI is InChI=1S/C16H18N4O/c1-12-7-8-20-15(9-12)18-16(19-20)17-14(11-21)10-13-5-3-2-4-6-13/h2-9,14,21H,10-11H2,1H3,(H,17,19). The molecule has 0 aliphatic carbocycles. The number of aliphatic hydroxyl groups excluding tert-OH is 1. The highest BCUT2D eigenvalue weighted by molar-refractivity contribution is 5.45. The second-order valence-electron chi connectivity index (χ2n) is 5.16. The molecule has 1 unspecified atom stereocenters. The minimum atomic E-state index is -0.106. The highest BCUT2D eigenvalue weighted by atomic mass is 16.3. The maximum Gasteiger partial charge on any atom is 0.243 e. The maximum atomic E-state index is 9.54. The van der Waals surface area contributed by atoms with Crippen LogP contribution < -0.4 is 5.32 Å². The van der Waals surface area contributed by atoms with E-state index in [4.69, 9.17) is 0 Å². The summed E-state index contributed by atoms with van der Waals surface area (Å²) in [6.45, 7) is 2.05. The molecule has 5 heteroatoms. The van der Waals surface area contributed by atoms with E-state index in [0.29, 0.717) is 5.95 Å². The van der Waals surface area contributed by atoms with Crippen LogP contribution in [0.1, 0.15) is 11.1 Å². The van der Waals surface area contributed by atoms with Gasteiger partial charge in [-0.3, -0.25) is 0 Å². The number of aromatic nitrogens is 3. The average molecular weight is 282 g/mol. The second kappa shape index (κ2) is 5.93. The Labute approximate surface area is 123 Å². The number of anilines is 1. The maximum absolute atomic E-state index is 9.54. The van der Waals surface area contributed by atoms with E-state index in [-0.39, 0.29) is 12.6 Å². The van der Waals surface area contributed by atoms with Crippen LogP contribution in [-0.4, -0.2) is 32.4 Å². The van der Waals surface area contributed by atoms with Gasteiger partial charge in [-0.25, -0.2) is 4.52 Å². The summed E-state index contributed by atoms with van der Waals surface area (Å²) in [7, 11) is 0. The average Bonchev–Trinajstić information content (AvgIpc) is 2.89. The third-order valence-corrected chi connectivity index (χ3v) is 3.37. The summed E-state index contributed by atoms with van der Waals surface area (Å²) in [5.74, 6) is 0.538. The Balaban J connectivity index is 1.76. The van der Waals surface area contributed by atoms with Crippen molar-refractivity contribution in [3.8, 4) is 0 Å². The monoisotopic (exact) mass is 282 g/mol. The molecule has 2 N–H and O–H groups in total. The van der Waals surface area contributed by atoms with Gasteiger partial charge in [-0.1, -0.05) is 30.3 Å². The normalized spacial score (nSPS) is 12.5. The highest BCUT2D eigenvalue weighted by Gasteiger charge is 2.11. The SMILES string of the molecule is Cc1ccn2nc(NC(CO)Cc3ccccc3)nc2c1. The van der Waals surface area contributed by atoms with Gasteiger partial charge in [-0.2, -0.15) is 4.98 Å². The number of fused-ring (bicyclic) bond motifs is 1. The summed E-state index contributed by atoms with van der Waals surface area (Å²) >= 11 is 0. The summed E-state index contributed by atoms with van der Waals surface area (Å²) in [5.41, 5.74) is 3.11. The third kappa shape index (κ3) is 3.20. The van der Waals surface area contributed by atoms with Gasteiger partial charge in [-0.15, -0.1) is 5.10 Å². The van der Waals surface area contributed by atoms with Crippen LogP contribution in [0.3, 0.4) is 0 Å². The first-order chi connectivity index (χ1) is 10.2. The van der Waals surface area contributed by atoms with Crippen LogP contribution in [0.2, 0.25) is 0 Å². The van der Waals surface area contributed by atoms with E-state index in [9.17, 15) is 5.11 Å². The van der Waals surface area contributed by atoms with Crippen LogP contribution in [0, 0.1) is 6.92 Å². The lowest BCUT2D eigenvalue weighted by atomic mass is 10.1. The lowest BCUT2D eigenvalue weighted by Crippen LogP contribution is -2.27. The van der Waals surface area contributed by atoms with E-state index in [1.54, 1.807) is 4.52 Å². The molecule has 0 aliphatic heterocycles. The molecule has 2 aromatic heterocycles. The van der Waals surface area contributed by atoms with Crippen LogP contribution in [-0.2, 0) is 6.42 Å². The second-order valence-corrected chi connectivity index (χ2v) is 5.16. The van der Waals surface area contributed by atoms with Crippen LogP contribution in [0.5, 0.6) is 0 Å². The predicted octanol–water partition coefficient (Wildman–Crippen LogP) is 2.05. The van der Waals surface area contributed by atoms with Gasteiger partial charge in [0.1, 0.15) is 0 Å². The van der Waals surface area contributed by atoms with Crippen molar-refractivity contribution in [2.45, 2.75) is 19.4 Å². The smallest absolute Gasteiger partial charge is 0.243 e. The van der Waals surface area contributed by atoms with Crippen molar-refractivity contribution in [1.82, 2.24) is 14.6 Å². The first-order valence-corrected chi connectivity index (χ1v) is 6.99. The number of nitrogens with one attached hydrogen (secondary N) is 1. The Bertz CT molecular complexity index is 723. The molecule has 2 heterocycles. The molecule has 0 saturated carbocycles. The van der Waals surface area contributed by atoms with Gasteiger partial charge in [-0.05, 0) is 36.6 Å². The Kier molecular flexibility index (Phi) is 3.83. The number of aliphatic hydroxyl groups is 1. The zero-order valence-electron chi connectivity index (χ0n) is 11.9. The molecule has 1 aromatic carbocycles. The number of pyridine rings is 1. The summed E-state index contributed by atoms with van der Waals surface area (Å²) < 4.78 is 1.73. The van der Waals surface area contributed by atoms with Crippen LogP contribution in [0.15, 0.2) is 48.7 Å². The first-order valence-electron chi connectivity index (χ1n) is 6.99. The minimum absolute atomic E-state index is 0.0312. The Hall–Kier alpha value is -2.40. The van der Waals surface area contributed by atoms with Crippen molar-refractivity contribution in [2.24, 2.45) is 0 Å². The van der Waals surface area contributed by atoms with Gasteiger partial charge in [0.2, 0.25) is 5.95 Å². The largest absolute Gasteiger partial charge is 0.394 e. The molecule has 0 fully saturated rings. The zero-order chi connectivity index (χ0) is 14.7. The summed E-state index contributed by atoms with van der Waals surface area (Å²) in [4.78, 5) is 4.43. The van der Waals surface area contributed by atoms with Gasteiger partial charge in [0.05, 0.1) is 12.6 Å². The lowest BCUT2D eigenvalue weighted by Gasteiger charge is -2.14. The van der Waals surface area contributed by atoms with Crippen molar-refractivity contribution in [3.63, 3.8) is 0 Å². The van der Waals surface area contributed by atoms with E-state index >= 15 is 0 Å². The Morgan fingerprint density at radius 1 is 1.24 bits per heavy atom. The van der Waals surface area contributed by atoms with Crippen LogP contribution in [0.25, 0.3) is 5.65 Å². The number of hydrogen-bond acceptors (Lipinski definition) is 4. The van der Waals surface area contributed by atoms with E-state index in [1.807, 2.05) is 55.6 Å². The molecule has 3 aromatic rings. The summed E-state index contributed by atoms with van der Waals surface area (Å²) in [6.07, 6.45) is 2.61. The molecule has 21 heavy (non-hydrogen) atoms. The van der Waals surface area contributed by atoms with Gasteiger partial charge >= 0.3 is 0 Å². The molecule has 3 rings (SSSR count). The van der Waals surface area contributed by atoms with Gasteiger partial charge in [0, 0.05) is 6.20 Å². The lowest BCUT2D eigenvalue weighted by molar-refractivity contribution is 0.273. The molecular weight excluding hydrogens is 264 g/mol. The number of rotatable bonds is 5. The van der Waals surface area contributed by atoms with Gasteiger partial charge in [0.15, 0.2) is 5.65 Å². The van der Waals surface area contributed by atoms with Gasteiger partial charge in [0.25, 0.3) is 0 Å². The first kappa shape index (κ1) is 13.6. The quantitative estimate of drug-likeness (QED) is 0.752. The fourth-order valence-electron chi connectivity index (χ4n) is 2.29. The van der Waals surface area contributed by atoms with Crippen molar-refractivity contribution in [3.05, 3.63) is 59.8 Å². The minimum Gasteiger partial charge on any atom is -0.394 e. The molecule has 108 valence electrons. The van der Waals surface area contributed by atoms with Crippen molar-refractivity contribution in [1.29, 1.82) is 0 Å². The summed E-state index contributed by atoms with van der Waals surface area (Å²) in [5, 5.41) is 17.1. The van der Waals surface area contributed by atoms with E-state index in [1.165, 1.54) is 5.56 Å². The van der Waals surface area contributed by atoms with Crippen LogP contribution >= 0.6 is 0 Å². The molecule has 0 amide bonds. The number of aryl methyl sites for hydroxylation is 1. The Morgan fingerprint density at radius 2 is 2.05 bits per heavy atom. The van der Waals surface area contributed by atoms with Gasteiger partial charge < -0.3 is 10.4 Å². The molecule has 0 radical (unpaired) electrons. The number of benzene rings is 1. The predicted molar refractivity (Wildman–Crippen MR) is 82.4 cm³/mol. The fourth-order valence-corrected chi connectivity index (χ4v) is 2.29. The number of hydrogen-bond donors (Lipinski definition) is 2.